The molecule has 0 radical (unpaired) electrons. The molecule has 7 nitrogen and oxygen atoms in total. The fourth-order valence-electron chi connectivity index (χ4n) is 3.33. The Bertz CT molecular complexity index is 923. The average molecular weight is 404 g/mol. The van der Waals surface area contributed by atoms with Gasteiger partial charge in [-0.25, -0.2) is 8.42 Å². The number of hydrogen-bond acceptors (Lipinski definition) is 6. The summed E-state index contributed by atoms with van der Waals surface area (Å²) in [5.74, 6) is 1.04. The monoisotopic (exact) mass is 403 g/mol. The molecule has 1 fully saturated rings. The number of likely N-dealkylation sites (N-methyl/N-ethyl adjacent to an activating group) is 1. The normalized spacial score (nSPS) is 17.8. The number of benzene rings is 2. The van der Waals surface area contributed by atoms with Crippen LogP contribution >= 0.6 is 0 Å². The summed E-state index contributed by atoms with van der Waals surface area (Å²) >= 11 is 0. The smallest absolute Gasteiger partial charge is 0.262 e. The van der Waals surface area contributed by atoms with Crippen LogP contribution in [0.4, 0.5) is 11.4 Å². The molecule has 0 amide bonds. The number of anilines is 2. The zero-order chi connectivity index (χ0) is 19.6. The van der Waals surface area contributed by atoms with Crippen molar-refractivity contribution >= 4 is 21.4 Å². The third-order valence-corrected chi connectivity index (χ3v) is 6.40. The molecule has 0 aromatic heterocycles. The standard InChI is InChI=1S/C20H25N3O4S/c1-22-9-11-23(12-10-22)17-5-3-16(4-6-17)21-28(24,25)18-7-8-19-20(15-18)27-14-2-13-26-19/h3-8,15,21H,2,9-14H2,1H3. The summed E-state index contributed by atoms with van der Waals surface area (Å²) in [5.41, 5.74) is 1.64. The molecule has 28 heavy (non-hydrogen) atoms. The van der Waals surface area contributed by atoms with E-state index in [0.29, 0.717) is 30.4 Å². The maximum Gasteiger partial charge on any atom is 0.262 e. The minimum absolute atomic E-state index is 0.153. The van der Waals surface area contributed by atoms with Crippen molar-refractivity contribution in [1.29, 1.82) is 0 Å². The highest BCUT2D eigenvalue weighted by Gasteiger charge is 2.19. The number of ether oxygens (including phenoxy) is 2. The Hall–Kier alpha value is -2.45. The van der Waals surface area contributed by atoms with Gasteiger partial charge in [-0.05, 0) is 43.4 Å². The molecule has 0 unspecified atom stereocenters. The van der Waals surface area contributed by atoms with E-state index in [9.17, 15) is 8.42 Å². The highest BCUT2D eigenvalue weighted by Crippen LogP contribution is 2.32. The van der Waals surface area contributed by atoms with Crippen molar-refractivity contribution in [2.75, 3.05) is 56.1 Å². The lowest BCUT2D eigenvalue weighted by atomic mass is 10.2. The first-order chi connectivity index (χ1) is 13.5. The molecular formula is C20H25N3O4S. The Kier molecular flexibility index (Phi) is 5.32. The van der Waals surface area contributed by atoms with E-state index in [1.807, 2.05) is 12.1 Å². The van der Waals surface area contributed by atoms with Crippen molar-refractivity contribution in [2.24, 2.45) is 0 Å². The van der Waals surface area contributed by atoms with Gasteiger partial charge in [-0.15, -0.1) is 0 Å². The number of rotatable bonds is 4. The topological polar surface area (TPSA) is 71.1 Å². The lowest BCUT2D eigenvalue weighted by Gasteiger charge is -2.34. The predicted molar refractivity (Wildman–Crippen MR) is 109 cm³/mol. The van der Waals surface area contributed by atoms with Crippen LogP contribution < -0.4 is 19.1 Å². The summed E-state index contributed by atoms with van der Waals surface area (Å²) < 4.78 is 39.4. The summed E-state index contributed by atoms with van der Waals surface area (Å²) in [4.78, 5) is 4.76. The molecule has 1 saturated heterocycles. The summed E-state index contributed by atoms with van der Waals surface area (Å²) in [6, 6.07) is 12.2. The van der Waals surface area contributed by atoms with Gasteiger partial charge in [-0.1, -0.05) is 0 Å². The van der Waals surface area contributed by atoms with Gasteiger partial charge in [0, 0.05) is 50.0 Å². The molecule has 150 valence electrons. The molecule has 2 heterocycles. The van der Waals surface area contributed by atoms with Crippen molar-refractivity contribution in [3.8, 4) is 11.5 Å². The molecule has 2 aromatic rings. The van der Waals surface area contributed by atoms with Crippen molar-refractivity contribution in [2.45, 2.75) is 11.3 Å². The molecule has 2 aliphatic heterocycles. The minimum Gasteiger partial charge on any atom is -0.490 e. The SMILES string of the molecule is CN1CCN(c2ccc(NS(=O)(=O)c3ccc4c(c3)OCCCO4)cc2)CC1. The molecule has 0 atom stereocenters. The molecule has 0 aliphatic carbocycles. The highest BCUT2D eigenvalue weighted by molar-refractivity contribution is 7.92. The Labute approximate surface area is 165 Å². The van der Waals surface area contributed by atoms with Crippen LogP contribution in [0.2, 0.25) is 0 Å². The van der Waals surface area contributed by atoms with Gasteiger partial charge in [0.2, 0.25) is 0 Å². The molecule has 0 saturated carbocycles. The molecule has 2 aromatic carbocycles. The van der Waals surface area contributed by atoms with Crippen LogP contribution in [-0.4, -0.2) is 59.8 Å². The minimum atomic E-state index is -3.71. The van der Waals surface area contributed by atoms with Crippen molar-refractivity contribution < 1.29 is 17.9 Å². The summed E-state index contributed by atoms with van der Waals surface area (Å²) in [7, 11) is -1.59. The number of fused-ring (bicyclic) bond motifs is 1. The quantitative estimate of drug-likeness (QED) is 0.845. The van der Waals surface area contributed by atoms with Gasteiger partial charge in [0.15, 0.2) is 11.5 Å². The first-order valence-corrected chi connectivity index (χ1v) is 11.0. The highest BCUT2D eigenvalue weighted by atomic mass is 32.2. The van der Waals surface area contributed by atoms with Gasteiger partial charge in [0.1, 0.15) is 0 Å². The Balaban J connectivity index is 1.48. The van der Waals surface area contributed by atoms with Crippen molar-refractivity contribution in [3.05, 3.63) is 42.5 Å². The molecular weight excluding hydrogens is 378 g/mol. The second-order valence-electron chi connectivity index (χ2n) is 7.10. The van der Waals surface area contributed by atoms with E-state index in [1.165, 1.54) is 12.1 Å². The Morgan fingerprint density at radius 3 is 2.29 bits per heavy atom. The second-order valence-corrected chi connectivity index (χ2v) is 8.78. The molecule has 4 rings (SSSR count). The maximum absolute atomic E-state index is 12.8. The van der Waals surface area contributed by atoms with Crippen LogP contribution in [0.25, 0.3) is 0 Å². The summed E-state index contributed by atoms with van der Waals surface area (Å²) in [5, 5.41) is 0. The Morgan fingerprint density at radius 1 is 0.893 bits per heavy atom. The van der Waals surface area contributed by atoms with Crippen LogP contribution in [0.15, 0.2) is 47.4 Å². The van der Waals surface area contributed by atoms with E-state index in [0.717, 1.165) is 38.3 Å². The third-order valence-electron chi connectivity index (χ3n) is 5.02. The molecule has 0 bridgehead atoms. The first-order valence-electron chi connectivity index (χ1n) is 9.47. The second kappa shape index (κ2) is 7.89. The van der Waals surface area contributed by atoms with E-state index in [1.54, 1.807) is 18.2 Å². The van der Waals surface area contributed by atoms with Gasteiger partial charge in [0.25, 0.3) is 10.0 Å². The summed E-state index contributed by atoms with van der Waals surface area (Å²) in [6.07, 6.45) is 0.772. The molecule has 2 aliphatic rings. The third kappa shape index (κ3) is 4.18. The van der Waals surface area contributed by atoms with Gasteiger partial charge in [0.05, 0.1) is 18.1 Å². The van der Waals surface area contributed by atoms with Gasteiger partial charge < -0.3 is 19.3 Å². The van der Waals surface area contributed by atoms with Crippen LogP contribution in [0.3, 0.4) is 0 Å². The van der Waals surface area contributed by atoms with E-state index in [2.05, 4.69) is 21.6 Å². The van der Waals surface area contributed by atoms with Crippen LogP contribution in [0.1, 0.15) is 6.42 Å². The fourth-order valence-corrected chi connectivity index (χ4v) is 4.40. The molecule has 0 spiro atoms. The zero-order valence-corrected chi connectivity index (χ0v) is 16.7. The lowest BCUT2D eigenvalue weighted by Crippen LogP contribution is -2.44. The van der Waals surface area contributed by atoms with Gasteiger partial charge in [-0.3, -0.25) is 4.72 Å². The molecule has 8 heteroatoms. The number of sulfonamides is 1. The largest absolute Gasteiger partial charge is 0.490 e. The van der Waals surface area contributed by atoms with E-state index in [4.69, 9.17) is 9.47 Å². The van der Waals surface area contributed by atoms with Crippen LogP contribution in [0, 0.1) is 0 Å². The van der Waals surface area contributed by atoms with Gasteiger partial charge in [-0.2, -0.15) is 0 Å². The van der Waals surface area contributed by atoms with Crippen LogP contribution in [0.5, 0.6) is 11.5 Å². The van der Waals surface area contributed by atoms with E-state index in [-0.39, 0.29) is 4.90 Å². The first kappa shape index (κ1) is 18.9. The average Bonchev–Trinajstić information content (AvgIpc) is 2.94. The van der Waals surface area contributed by atoms with E-state index >= 15 is 0 Å². The van der Waals surface area contributed by atoms with Crippen molar-refractivity contribution in [3.63, 3.8) is 0 Å². The predicted octanol–water partition coefficient (Wildman–Crippen LogP) is 2.40. The van der Waals surface area contributed by atoms with Crippen molar-refractivity contribution in [1.82, 2.24) is 4.90 Å². The number of nitrogens with one attached hydrogen (secondary N) is 1. The lowest BCUT2D eigenvalue weighted by molar-refractivity contribution is 0.297. The maximum atomic E-state index is 12.8. The van der Waals surface area contributed by atoms with Crippen LogP contribution in [-0.2, 0) is 10.0 Å². The zero-order valence-electron chi connectivity index (χ0n) is 15.9. The fraction of sp³-hybridized carbons (Fsp3) is 0.400. The molecule has 1 N–H and O–H groups in total. The number of hydrogen-bond donors (Lipinski definition) is 1. The Morgan fingerprint density at radius 2 is 1.57 bits per heavy atom. The number of piperazine rings is 1. The summed E-state index contributed by atoms with van der Waals surface area (Å²) in [6.45, 7) is 5.07. The van der Waals surface area contributed by atoms with E-state index < -0.39 is 10.0 Å². The number of nitrogens with zero attached hydrogens (tertiary/aromatic N) is 2. The van der Waals surface area contributed by atoms with Gasteiger partial charge >= 0.3 is 0 Å².